The minimum absolute atomic E-state index is 0.101. The molecule has 2 rings (SSSR count). The molecule has 0 bridgehead atoms. The molecule has 2 aromatic rings. The van der Waals surface area contributed by atoms with Gasteiger partial charge in [0.25, 0.3) is 0 Å². The Kier molecular flexibility index (Phi) is 4.65. The Morgan fingerprint density at radius 3 is 2.33 bits per heavy atom. The van der Waals surface area contributed by atoms with Crippen LogP contribution in [0.2, 0.25) is 0 Å². The summed E-state index contributed by atoms with van der Waals surface area (Å²) < 4.78 is 34.7. The van der Waals surface area contributed by atoms with E-state index in [2.05, 4.69) is 0 Å². The maximum absolute atomic E-state index is 12.2. The molecule has 0 radical (unpaired) electrons. The summed E-state index contributed by atoms with van der Waals surface area (Å²) in [5.74, 6) is 0.528. The molecule has 0 unspecified atom stereocenters. The highest BCUT2D eigenvalue weighted by atomic mass is 32.2. The quantitative estimate of drug-likeness (QED) is 0.793. The standard InChI is InChI=1S/C16H16O4S/c1-3-7-13-10-11-15(16(12-13)19-2)20-21(17,18)14-8-5-4-6-9-14/h3-12H,1-2H3/b7-3+. The predicted molar refractivity (Wildman–Crippen MR) is 82.0 cm³/mol. The predicted octanol–water partition coefficient (Wildman–Crippen LogP) is 3.50. The van der Waals surface area contributed by atoms with Crippen LogP contribution in [0.1, 0.15) is 12.5 Å². The van der Waals surface area contributed by atoms with Gasteiger partial charge in [-0.3, -0.25) is 0 Å². The number of allylic oxidation sites excluding steroid dienone is 1. The van der Waals surface area contributed by atoms with Gasteiger partial charge in [0.2, 0.25) is 0 Å². The fraction of sp³-hybridized carbons (Fsp3) is 0.125. The van der Waals surface area contributed by atoms with Gasteiger partial charge in [0.1, 0.15) is 4.90 Å². The number of ether oxygens (including phenoxy) is 1. The smallest absolute Gasteiger partial charge is 0.339 e. The summed E-state index contributed by atoms with van der Waals surface area (Å²) in [5, 5.41) is 0. The van der Waals surface area contributed by atoms with Crippen molar-refractivity contribution in [1.82, 2.24) is 0 Å². The molecule has 0 fully saturated rings. The summed E-state index contributed by atoms with van der Waals surface area (Å²) in [4.78, 5) is 0.101. The minimum Gasteiger partial charge on any atom is -0.493 e. The molecule has 0 N–H and O–H groups in total. The van der Waals surface area contributed by atoms with Crippen molar-refractivity contribution in [3.05, 3.63) is 60.2 Å². The first-order valence-corrected chi connectivity index (χ1v) is 7.78. The van der Waals surface area contributed by atoms with Gasteiger partial charge >= 0.3 is 10.1 Å². The molecule has 21 heavy (non-hydrogen) atoms. The molecule has 0 aliphatic carbocycles. The zero-order valence-electron chi connectivity index (χ0n) is 11.8. The van der Waals surface area contributed by atoms with Gasteiger partial charge in [0.05, 0.1) is 7.11 Å². The summed E-state index contributed by atoms with van der Waals surface area (Å²) in [6.07, 6.45) is 3.77. The average Bonchev–Trinajstić information content (AvgIpc) is 2.50. The SMILES string of the molecule is C/C=C/c1ccc(OS(=O)(=O)c2ccccc2)c(OC)c1. The molecular weight excluding hydrogens is 288 g/mol. The van der Waals surface area contributed by atoms with Crippen LogP contribution in [0, 0.1) is 0 Å². The normalized spacial score (nSPS) is 11.5. The van der Waals surface area contributed by atoms with Crippen LogP contribution in [-0.4, -0.2) is 15.5 Å². The van der Waals surface area contributed by atoms with Crippen molar-refractivity contribution in [3.63, 3.8) is 0 Å². The Morgan fingerprint density at radius 1 is 1.00 bits per heavy atom. The lowest BCUT2D eigenvalue weighted by molar-refractivity contribution is 0.390. The maximum Gasteiger partial charge on any atom is 0.339 e. The van der Waals surface area contributed by atoms with Crippen LogP contribution >= 0.6 is 0 Å². The molecule has 0 aliphatic rings. The highest BCUT2D eigenvalue weighted by Gasteiger charge is 2.18. The van der Waals surface area contributed by atoms with Gasteiger partial charge in [-0.05, 0) is 36.8 Å². The average molecular weight is 304 g/mol. The molecule has 5 heteroatoms. The summed E-state index contributed by atoms with van der Waals surface area (Å²) in [7, 11) is -2.40. The Bertz CT molecular complexity index is 734. The van der Waals surface area contributed by atoms with E-state index in [0.717, 1.165) is 5.56 Å². The van der Waals surface area contributed by atoms with Crippen LogP contribution in [0.15, 0.2) is 59.5 Å². The van der Waals surface area contributed by atoms with E-state index in [-0.39, 0.29) is 10.6 Å². The molecule has 0 saturated carbocycles. The summed E-state index contributed by atoms with van der Waals surface area (Å²) >= 11 is 0. The van der Waals surface area contributed by atoms with Crippen molar-refractivity contribution in [2.45, 2.75) is 11.8 Å². The third kappa shape index (κ3) is 3.64. The zero-order chi connectivity index (χ0) is 15.3. The maximum atomic E-state index is 12.2. The van der Waals surface area contributed by atoms with Crippen molar-refractivity contribution in [1.29, 1.82) is 0 Å². The van der Waals surface area contributed by atoms with Crippen molar-refractivity contribution in [2.75, 3.05) is 7.11 Å². The van der Waals surface area contributed by atoms with Gasteiger partial charge in [-0.1, -0.05) is 36.4 Å². The number of benzene rings is 2. The Balaban J connectivity index is 2.35. The lowest BCUT2D eigenvalue weighted by Gasteiger charge is -2.11. The second-order valence-electron chi connectivity index (χ2n) is 4.26. The van der Waals surface area contributed by atoms with E-state index in [1.54, 1.807) is 36.4 Å². The Hall–Kier alpha value is -2.27. The van der Waals surface area contributed by atoms with Gasteiger partial charge < -0.3 is 8.92 Å². The van der Waals surface area contributed by atoms with Crippen LogP contribution in [0.25, 0.3) is 6.08 Å². The molecular formula is C16H16O4S. The highest BCUT2D eigenvalue weighted by molar-refractivity contribution is 7.87. The van der Waals surface area contributed by atoms with Crippen LogP contribution in [0.4, 0.5) is 0 Å². The van der Waals surface area contributed by atoms with Gasteiger partial charge in [0, 0.05) is 0 Å². The van der Waals surface area contributed by atoms with E-state index in [0.29, 0.717) is 5.75 Å². The van der Waals surface area contributed by atoms with Crippen LogP contribution in [-0.2, 0) is 10.1 Å². The molecule has 0 spiro atoms. The lowest BCUT2D eigenvalue weighted by atomic mass is 10.2. The van der Waals surface area contributed by atoms with Crippen LogP contribution in [0.5, 0.6) is 11.5 Å². The zero-order valence-corrected chi connectivity index (χ0v) is 12.6. The first-order valence-electron chi connectivity index (χ1n) is 6.37. The van der Waals surface area contributed by atoms with Gasteiger partial charge in [-0.25, -0.2) is 0 Å². The third-order valence-electron chi connectivity index (χ3n) is 2.78. The fourth-order valence-electron chi connectivity index (χ4n) is 1.80. The molecule has 0 atom stereocenters. The molecule has 0 heterocycles. The van der Waals surface area contributed by atoms with Gasteiger partial charge in [0.15, 0.2) is 11.5 Å². The van der Waals surface area contributed by atoms with Gasteiger partial charge in [-0.2, -0.15) is 8.42 Å². The third-order valence-corrected chi connectivity index (χ3v) is 4.03. The molecule has 0 aromatic heterocycles. The molecule has 0 amide bonds. The largest absolute Gasteiger partial charge is 0.493 e. The second kappa shape index (κ2) is 6.45. The van der Waals surface area contributed by atoms with Crippen molar-refractivity contribution >= 4 is 16.2 Å². The topological polar surface area (TPSA) is 52.6 Å². The van der Waals surface area contributed by atoms with E-state index in [9.17, 15) is 8.42 Å². The first kappa shape index (κ1) is 15.1. The molecule has 0 aliphatic heterocycles. The summed E-state index contributed by atoms with van der Waals surface area (Å²) in [5.41, 5.74) is 0.902. The highest BCUT2D eigenvalue weighted by Crippen LogP contribution is 2.31. The van der Waals surface area contributed by atoms with Crippen molar-refractivity contribution < 1.29 is 17.3 Å². The lowest BCUT2D eigenvalue weighted by Crippen LogP contribution is -2.10. The van der Waals surface area contributed by atoms with Crippen LogP contribution < -0.4 is 8.92 Å². The first-order chi connectivity index (χ1) is 10.1. The number of rotatable bonds is 5. The molecule has 4 nitrogen and oxygen atoms in total. The Labute approximate surface area is 124 Å². The molecule has 0 saturated heterocycles. The van der Waals surface area contributed by atoms with Crippen molar-refractivity contribution in [3.8, 4) is 11.5 Å². The Morgan fingerprint density at radius 2 is 1.71 bits per heavy atom. The minimum atomic E-state index is -3.87. The number of hydrogen-bond acceptors (Lipinski definition) is 4. The molecule has 2 aromatic carbocycles. The monoisotopic (exact) mass is 304 g/mol. The molecule has 110 valence electrons. The fourth-order valence-corrected chi connectivity index (χ4v) is 2.76. The van der Waals surface area contributed by atoms with E-state index in [1.165, 1.54) is 19.2 Å². The van der Waals surface area contributed by atoms with E-state index < -0.39 is 10.1 Å². The van der Waals surface area contributed by atoms with E-state index in [1.807, 2.05) is 19.1 Å². The van der Waals surface area contributed by atoms with E-state index >= 15 is 0 Å². The van der Waals surface area contributed by atoms with E-state index in [4.69, 9.17) is 8.92 Å². The van der Waals surface area contributed by atoms with Crippen molar-refractivity contribution in [2.24, 2.45) is 0 Å². The summed E-state index contributed by atoms with van der Waals surface area (Å²) in [6, 6.07) is 13.0. The summed E-state index contributed by atoms with van der Waals surface area (Å²) in [6.45, 7) is 1.90. The van der Waals surface area contributed by atoms with Crippen LogP contribution in [0.3, 0.4) is 0 Å². The second-order valence-corrected chi connectivity index (χ2v) is 5.81. The van der Waals surface area contributed by atoms with Gasteiger partial charge in [-0.15, -0.1) is 0 Å². The number of hydrogen-bond donors (Lipinski definition) is 0. The number of methoxy groups -OCH3 is 1.